The molecule has 0 radical (unpaired) electrons. The molecule has 1 fully saturated rings. The molecule has 1 N–H and O–H groups in total. The van der Waals surface area contributed by atoms with Gasteiger partial charge in [0.1, 0.15) is 5.82 Å². The largest absolute Gasteiger partial charge is 0.388 e. The maximum atomic E-state index is 13.1. The van der Waals surface area contributed by atoms with Gasteiger partial charge in [-0.25, -0.2) is 4.39 Å². The van der Waals surface area contributed by atoms with Crippen molar-refractivity contribution in [3.05, 3.63) is 35.1 Å². The number of hydrogen-bond donors (Lipinski definition) is 1. The quantitative estimate of drug-likeness (QED) is 0.818. The first-order chi connectivity index (χ1) is 8.03. The summed E-state index contributed by atoms with van der Waals surface area (Å²) < 4.78 is 13.1. The molecule has 0 spiro atoms. The molecule has 1 aromatic carbocycles. The Hall–Kier alpha value is -0.890. The van der Waals surface area contributed by atoms with Crippen LogP contribution in [0.2, 0.25) is 0 Å². The third-order valence-corrected chi connectivity index (χ3v) is 4.18. The van der Waals surface area contributed by atoms with Crippen LogP contribution < -0.4 is 0 Å². The van der Waals surface area contributed by atoms with Crippen molar-refractivity contribution in [1.29, 1.82) is 0 Å². The first-order valence-corrected chi connectivity index (χ1v) is 6.47. The zero-order valence-corrected chi connectivity index (χ0v) is 10.7. The highest BCUT2D eigenvalue weighted by Crippen LogP contribution is 2.46. The Balaban J connectivity index is 2.26. The van der Waals surface area contributed by atoms with Gasteiger partial charge in [-0.15, -0.1) is 0 Å². The topological polar surface area (TPSA) is 20.2 Å². The van der Waals surface area contributed by atoms with Crippen molar-refractivity contribution in [2.24, 2.45) is 5.41 Å². The molecule has 1 unspecified atom stereocenters. The molecule has 1 aliphatic carbocycles. The number of hydrogen-bond acceptors (Lipinski definition) is 1. The summed E-state index contributed by atoms with van der Waals surface area (Å²) >= 11 is 0. The van der Waals surface area contributed by atoms with Gasteiger partial charge in [0.25, 0.3) is 0 Å². The van der Waals surface area contributed by atoms with Crippen LogP contribution in [0.3, 0.4) is 0 Å². The summed E-state index contributed by atoms with van der Waals surface area (Å²) in [6.45, 7) is 4.02. The van der Waals surface area contributed by atoms with E-state index in [0.29, 0.717) is 0 Å². The summed E-state index contributed by atoms with van der Waals surface area (Å²) in [5, 5.41) is 10.6. The van der Waals surface area contributed by atoms with Crippen molar-refractivity contribution < 1.29 is 9.50 Å². The second-order valence-electron chi connectivity index (χ2n) is 5.62. The van der Waals surface area contributed by atoms with Gasteiger partial charge in [-0.3, -0.25) is 0 Å². The molecule has 0 heterocycles. The van der Waals surface area contributed by atoms with E-state index < -0.39 is 6.10 Å². The third kappa shape index (κ3) is 2.52. The van der Waals surface area contributed by atoms with Crippen LogP contribution in [-0.4, -0.2) is 5.11 Å². The Morgan fingerprint density at radius 2 is 1.88 bits per heavy atom. The highest BCUT2D eigenvalue weighted by atomic mass is 19.1. The van der Waals surface area contributed by atoms with Crippen LogP contribution >= 0.6 is 0 Å². The van der Waals surface area contributed by atoms with Gasteiger partial charge in [0.2, 0.25) is 0 Å². The zero-order chi connectivity index (χ0) is 12.5. The fourth-order valence-electron chi connectivity index (χ4n) is 2.95. The number of benzene rings is 1. The standard InChI is InChI=1S/C15H21FO/c1-11-10-12(16)6-7-13(11)14(17)15(2)8-4-3-5-9-15/h6-7,10,14,17H,3-5,8-9H2,1-2H3. The van der Waals surface area contributed by atoms with Crippen molar-refractivity contribution >= 4 is 0 Å². The molecule has 0 aromatic heterocycles. The van der Waals surface area contributed by atoms with E-state index in [1.165, 1.54) is 31.4 Å². The molecule has 1 saturated carbocycles. The van der Waals surface area contributed by atoms with Crippen LogP contribution in [0.15, 0.2) is 18.2 Å². The van der Waals surface area contributed by atoms with Crippen LogP contribution in [0.5, 0.6) is 0 Å². The monoisotopic (exact) mass is 236 g/mol. The van der Waals surface area contributed by atoms with Gasteiger partial charge in [-0.2, -0.15) is 0 Å². The first kappa shape index (κ1) is 12.6. The predicted molar refractivity (Wildman–Crippen MR) is 67.3 cm³/mol. The molecular formula is C15H21FO. The van der Waals surface area contributed by atoms with Crippen molar-refractivity contribution in [3.8, 4) is 0 Å². The number of aliphatic hydroxyl groups excluding tert-OH is 1. The number of rotatable bonds is 2. The van der Waals surface area contributed by atoms with E-state index in [-0.39, 0.29) is 11.2 Å². The van der Waals surface area contributed by atoms with Crippen molar-refractivity contribution in [2.75, 3.05) is 0 Å². The summed E-state index contributed by atoms with van der Waals surface area (Å²) in [6, 6.07) is 4.68. The lowest BCUT2D eigenvalue weighted by molar-refractivity contribution is 0.00773. The number of halogens is 1. The zero-order valence-electron chi connectivity index (χ0n) is 10.7. The molecule has 1 nitrogen and oxygen atoms in total. The van der Waals surface area contributed by atoms with E-state index >= 15 is 0 Å². The van der Waals surface area contributed by atoms with E-state index in [2.05, 4.69) is 6.92 Å². The second-order valence-corrected chi connectivity index (χ2v) is 5.62. The van der Waals surface area contributed by atoms with E-state index in [4.69, 9.17) is 0 Å². The minimum Gasteiger partial charge on any atom is -0.388 e. The Morgan fingerprint density at radius 1 is 1.24 bits per heavy atom. The van der Waals surface area contributed by atoms with Crippen molar-refractivity contribution in [3.63, 3.8) is 0 Å². The SMILES string of the molecule is Cc1cc(F)ccc1C(O)C1(C)CCCCC1. The summed E-state index contributed by atoms with van der Waals surface area (Å²) in [7, 11) is 0. The van der Waals surface area contributed by atoms with Gasteiger partial charge >= 0.3 is 0 Å². The molecule has 1 atom stereocenters. The summed E-state index contributed by atoms with van der Waals surface area (Å²) in [6.07, 6.45) is 5.30. The van der Waals surface area contributed by atoms with Gasteiger partial charge in [-0.1, -0.05) is 32.3 Å². The normalized spacial score (nSPS) is 21.2. The van der Waals surface area contributed by atoms with E-state index in [1.807, 2.05) is 6.92 Å². The lowest BCUT2D eigenvalue weighted by Crippen LogP contribution is -2.28. The molecule has 17 heavy (non-hydrogen) atoms. The molecule has 0 saturated heterocycles. The van der Waals surface area contributed by atoms with E-state index in [0.717, 1.165) is 24.0 Å². The molecule has 0 amide bonds. The Morgan fingerprint density at radius 3 is 2.47 bits per heavy atom. The number of aryl methyl sites for hydroxylation is 1. The third-order valence-electron chi connectivity index (χ3n) is 4.18. The maximum Gasteiger partial charge on any atom is 0.123 e. The molecule has 0 aliphatic heterocycles. The Kier molecular flexibility index (Phi) is 3.53. The van der Waals surface area contributed by atoms with Crippen molar-refractivity contribution in [2.45, 2.75) is 52.1 Å². The lowest BCUT2D eigenvalue weighted by Gasteiger charge is -2.38. The first-order valence-electron chi connectivity index (χ1n) is 6.47. The summed E-state index contributed by atoms with van der Waals surface area (Å²) in [5.41, 5.74) is 1.70. The maximum absolute atomic E-state index is 13.1. The average Bonchev–Trinajstić information content (AvgIpc) is 2.29. The fourth-order valence-corrected chi connectivity index (χ4v) is 2.95. The van der Waals surface area contributed by atoms with Crippen LogP contribution in [0.4, 0.5) is 4.39 Å². The van der Waals surface area contributed by atoms with Gasteiger partial charge in [0, 0.05) is 0 Å². The van der Waals surface area contributed by atoms with Gasteiger partial charge in [0.15, 0.2) is 0 Å². The molecular weight excluding hydrogens is 215 g/mol. The molecule has 94 valence electrons. The van der Waals surface area contributed by atoms with Gasteiger partial charge in [-0.05, 0) is 48.4 Å². The molecule has 1 aliphatic rings. The van der Waals surface area contributed by atoms with Crippen LogP contribution in [0.25, 0.3) is 0 Å². The average molecular weight is 236 g/mol. The Bertz CT molecular complexity index is 394. The fraction of sp³-hybridized carbons (Fsp3) is 0.600. The second kappa shape index (κ2) is 4.77. The van der Waals surface area contributed by atoms with Crippen LogP contribution in [0, 0.1) is 18.2 Å². The van der Waals surface area contributed by atoms with Gasteiger partial charge < -0.3 is 5.11 Å². The molecule has 0 bridgehead atoms. The molecule has 2 rings (SSSR count). The summed E-state index contributed by atoms with van der Waals surface area (Å²) in [5.74, 6) is -0.229. The highest BCUT2D eigenvalue weighted by molar-refractivity contribution is 5.29. The smallest absolute Gasteiger partial charge is 0.123 e. The minimum absolute atomic E-state index is 0.0408. The number of aliphatic hydroxyl groups is 1. The van der Waals surface area contributed by atoms with Crippen LogP contribution in [0.1, 0.15) is 56.3 Å². The van der Waals surface area contributed by atoms with E-state index in [1.54, 1.807) is 6.07 Å². The minimum atomic E-state index is -0.469. The van der Waals surface area contributed by atoms with Crippen molar-refractivity contribution in [1.82, 2.24) is 0 Å². The molecule has 1 aromatic rings. The lowest BCUT2D eigenvalue weighted by atomic mass is 9.69. The van der Waals surface area contributed by atoms with Crippen LogP contribution in [-0.2, 0) is 0 Å². The van der Waals surface area contributed by atoms with Gasteiger partial charge in [0.05, 0.1) is 6.10 Å². The predicted octanol–water partition coefficient (Wildman–Crippen LogP) is 4.14. The highest BCUT2D eigenvalue weighted by Gasteiger charge is 2.35. The van der Waals surface area contributed by atoms with E-state index in [9.17, 15) is 9.50 Å². The summed E-state index contributed by atoms with van der Waals surface area (Å²) in [4.78, 5) is 0. The molecule has 2 heteroatoms. The Labute approximate surface area is 103 Å².